The lowest BCUT2D eigenvalue weighted by Gasteiger charge is -2.10. The highest BCUT2D eigenvalue weighted by Crippen LogP contribution is 2.24. The van der Waals surface area contributed by atoms with Crippen LogP contribution in [0.5, 0.6) is 0 Å². The van der Waals surface area contributed by atoms with Gasteiger partial charge in [0.2, 0.25) is 0 Å². The average molecular weight is 279 g/mol. The van der Waals surface area contributed by atoms with Crippen molar-refractivity contribution in [2.24, 2.45) is 0 Å². The Morgan fingerprint density at radius 2 is 1.95 bits per heavy atom. The first kappa shape index (κ1) is 13.2. The molecular formula is C17H17N3O. The van der Waals surface area contributed by atoms with E-state index in [1.165, 1.54) is 0 Å². The zero-order valence-corrected chi connectivity index (χ0v) is 11.8. The second-order valence-electron chi connectivity index (χ2n) is 4.93. The van der Waals surface area contributed by atoms with Gasteiger partial charge in [-0.2, -0.15) is 0 Å². The van der Waals surface area contributed by atoms with Gasteiger partial charge in [-0.1, -0.05) is 36.4 Å². The van der Waals surface area contributed by atoms with E-state index in [4.69, 9.17) is 5.73 Å². The number of benzene rings is 2. The Balaban J connectivity index is 1.96. The molecule has 0 radical (unpaired) electrons. The maximum Gasteiger partial charge on any atom is 0.272 e. The van der Waals surface area contributed by atoms with Crippen LogP contribution in [0.2, 0.25) is 0 Å². The van der Waals surface area contributed by atoms with Crippen LogP contribution < -0.4 is 11.1 Å². The van der Waals surface area contributed by atoms with Gasteiger partial charge >= 0.3 is 0 Å². The van der Waals surface area contributed by atoms with Crippen LogP contribution in [0.4, 0.5) is 11.4 Å². The quantitative estimate of drug-likeness (QED) is 0.771. The number of nitrogens with one attached hydrogen (secondary N) is 1. The molecule has 0 aliphatic rings. The van der Waals surface area contributed by atoms with Gasteiger partial charge in [0.1, 0.15) is 5.69 Å². The maximum atomic E-state index is 12.5. The summed E-state index contributed by atoms with van der Waals surface area (Å²) < 4.78 is 1.84. The number of amides is 1. The van der Waals surface area contributed by atoms with E-state index in [-0.39, 0.29) is 5.91 Å². The third-order valence-corrected chi connectivity index (χ3v) is 3.53. The molecule has 1 aromatic heterocycles. The minimum atomic E-state index is -0.148. The van der Waals surface area contributed by atoms with Crippen molar-refractivity contribution in [2.75, 3.05) is 11.1 Å². The molecule has 0 saturated carbocycles. The van der Waals surface area contributed by atoms with Crippen LogP contribution in [0.25, 0.3) is 10.8 Å². The maximum absolute atomic E-state index is 12.5. The van der Waals surface area contributed by atoms with E-state index < -0.39 is 0 Å². The lowest BCUT2D eigenvalue weighted by Crippen LogP contribution is -2.16. The van der Waals surface area contributed by atoms with E-state index in [9.17, 15) is 4.79 Å². The molecule has 1 amide bonds. The van der Waals surface area contributed by atoms with Crippen LogP contribution in [0.1, 0.15) is 17.4 Å². The smallest absolute Gasteiger partial charge is 0.272 e. The van der Waals surface area contributed by atoms with Gasteiger partial charge < -0.3 is 15.6 Å². The summed E-state index contributed by atoms with van der Waals surface area (Å²) >= 11 is 0. The third-order valence-electron chi connectivity index (χ3n) is 3.53. The normalized spacial score (nSPS) is 10.7. The van der Waals surface area contributed by atoms with Crippen LogP contribution in [0.3, 0.4) is 0 Å². The number of anilines is 2. The van der Waals surface area contributed by atoms with Crippen molar-refractivity contribution in [1.29, 1.82) is 0 Å². The fourth-order valence-electron chi connectivity index (χ4n) is 2.51. The van der Waals surface area contributed by atoms with Gasteiger partial charge in [0, 0.05) is 23.8 Å². The summed E-state index contributed by atoms with van der Waals surface area (Å²) in [6, 6.07) is 15.5. The number of fused-ring (bicyclic) bond motifs is 1. The van der Waals surface area contributed by atoms with Crippen molar-refractivity contribution in [2.45, 2.75) is 13.5 Å². The monoisotopic (exact) mass is 279 g/mol. The molecule has 3 aromatic rings. The number of nitrogens with zero attached hydrogens (tertiary/aromatic N) is 1. The van der Waals surface area contributed by atoms with Crippen molar-refractivity contribution < 1.29 is 4.79 Å². The molecule has 4 nitrogen and oxygen atoms in total. The first-order chi connectivity index (χ1) is 10.2. The number of aromatic nitrogens is 1. The van der Waals surface area contributed by atoms with Crippen molar-refractivity contribution >= 4 is 28.1 Å². The predicted octanol–water partition coefficient (Wildman–Crippen LogP) is 3.50. The van der Waals surface area contributed by atoms with Crippen LogP contribution >= 0.6 is 0 Å². The lowest BCUT2D eigenvalue weighted by molar-refractivity contribution is 0.101. The zero-order valence-electron chi connectivity index (χ0n) is 11.8. The summed E-state index contributed by atoms with van der Waals surface area (Å²) in [5.41, 5.74) is 7.75. The fraction of sp³-hybridized carbons (Fsp3) is 0.118. The number of rotatable bonds is 3. The summed E-state index contributed by atoms with van der Waals surface area (Å²) in [7, 11) is 0. The van der Waals surface area contributed by atoms with Crippen molar-refractivity contribution in [3.63, 3.8) is 0 Å². The van der Waals surface area contributed by atoms with Crippen molar-refractivity contribution in [1.82, 2.24) is 4.57 Å². The van der Waals surface area contributed by atoms with E-state index in [2.05, 4.69) is 5.32 Å². The van der Waals surface area contributed by atoms with Crippen LogP contribution in [0.15, 0.2) is 54.7 Å². The first-order valence-electron chi connectivity index (χ1n) is 6.94. The zero-order chi connectivity index (χ0) is 14.8. The number of nitrogen functional groups attached to an aromatic ring is 1. The Hall–Kier alpha value is -2.75. The predicted molar refractivity (Wildman–Crippen MR) is 86.4 cm³/mol. The Bertz CT molecular complexity index is 799. The molecule has 2 aromatic carbocycles. The third kappa shape index (κ3) is 2.48. The van der Waals surface area contributed by atoms with E-state index in [1.54, 1.807) is 12.3 Å². The summed E-state index contributed by atoms with van der Waals surface area (Å²) in [6.07, 6.45) is 1.78. The molecular weight excluding hydrogens is 262 g/mol. The summed E-state index contributed by atoms with van der Waals surface area (Å²) in [5.74, 6) is -0.148. The Labute approximate surface area is 123 Å². The van der Waals surface area contributed by atoms with Crippen molar-refractivity contribution in [3.05, 3.63) is 60.4 Å². The lowest BCUT2D eigenvalue weighted by atomic mass is 10.1. The molecule has 0 unspecified atom stereocenters. The number of hydrogen-bond acceptors (Lipinski definition) is 2. The highest BCUT2D eigenvalue weighted by molar-refractivity contribution is 6.08. The van der Waals surface area contributed by atoms with E-state index in [1.807, 2.05) is 54.0 Å². The van der Waals surface area contributed by atoms with E-state index >= 15 is 0 Å². The van der Waals surface area contributed by atoms with Gasteiger partial charge in [-0.25, -0.2) is 0 Å². The molecule has 0 aliphatic carbocycles. The Kier molecular flexibility index (Phi) is 3.36. The molecule has 3 N–H and O–H groups in total. The Morgan fingerprint density at radius 3 is 2.76 bits per heavy atom. The number of aryl methyl sites for hydroxylation is 1. The highest BCUT2D eigenvalue weighted by atomic mass is 16.1. The number of hydrogen-bond donors (Lipinski definition) is 2. The van der Waals surface area contributed by atoms with E-state index in [0.717, 1.165) is 16.5 Å². The van der Waals surface area contributed by atoms with E-state index in [0.29, 0.717) is 17.9 Å². The minimum absolute atomic E-state index is 0.148. The number of carbonyl (C=O) groups excluding carboxylic acids is 1. The van der Waals surface area contributed by atoms with Gasteiger partial charge in [-0.15, -0.1) is 0 Å². The fourth-order valence-corrected chi connectivity index (χ4v) is 2.51. The van der Waals surface area contributed by atoms with Gasteiger partial charge in [0.25, 0.3) is 5.91 Å². The molecule has 0 spiro atoms. The number of nitrogens with two attached hydrogens (primary N) is 1. The average Bonchev–Trinajstić information content (AvgIpc) is 2.89. The standard InChI is InChI=1S/C17H17N3O/c1-2-20-11-13(18)10-16(20)17(21)19-15-9-5-7-12-6-3-4-8-14(12)15/h3-11H,2,18H2,1H3,(H,19,21). The Morgan fingerprint density at radius 1 is 1.19 bits per heavy atom. The van der Waals surface area contributed by atoms with Crippen LogP contribution in [-0.4, -0.2) is 10.5 Å². The minimum Gasteiger partial charge on any atom is -0.397 e. The molecule has 1 heterocycles. The summed E-state index contributed by atoms with van der Waals surface area (Å²) in [6.45, 7) is 2.68. The molecule has 4 heteroatoms. The molecule has 106 valence electrons. The topological polar surface area (TPSA) is 60.0 Å². The second-order valence-corrected chi connectivity index (χ2v) is 4.93. The van der Waals surface area contributed by atoms with Crippen LogP contribution in [0, 0.1) is 0 Å². The molecule has 3 rings (SSSR count). The molecule has 0 bridgehead atoms. The SMILES string of the molecule is CCn1cc(N)cc1C(=O)Nc1cccc2ccccc12. The molecule has 0 aliphatic heterocycles. The highest BCUT2D eigenvalue weighted by Gasteiger charge is 2.13. The molecule has 0 saturated heterocycles. The molecule has 0 atom stereocenters. The van der Waals surface area contributed by atoms with Gasteiger partial charge in [-0.3, -0.25) is 4.79 Å². The van der Waals surface area contributed by atoms with Gasteiger partial charge in [0.05, 0.1) is 5.69 Å². The molecule has 21 heavy (non-hydrogen) atoms. The van der Waals surface area contributed by atoms with Crippen LogP contribution in [-0.2, 0) is 6.54 Å². The number of carbonyl (C=O) groups is 1. The second kappa shape index (κ2) is 5.32. The summed E-state index contributed by atoms with van der Waals surface area (Å²) in [5, 5.41) is 5.10. The largest absolute Gasteiger partial charge is 0.397 e. The first-order valence-corrected chi connectivity index (χ1v) is 6.94. The molecule has 0 fully saturated rings. The van der Waals surface area contributed by atoms with Crippen molar-refractivity contribution in [3.8, 4) is 0 Å². The van der Waals surface area contributed by atoms with Gasteiger partial charge in [-0.05, 0) is 24.4 Å². The summed E-state index contributed by atoms with van der Waals surface area (Å²) in [4.78, 5) is 12.5. The van der Waals surface area contributed by atoms with Gasteiger partial charge in [0.15, 0.2) is 0 Å².